The fourth-order valence-corrected chi connectivity index (χ4v) is 2.13. The molecular weight excluding hydrogens is 298 g/mol. The van der Waals surface area contributed by atoms with E-state index in [-0.39, 0.29) is 12.5 Å². The second-order valence-electron chi connectivity index (χ2n) is 5.52. The second-order valence-corrected chi connectivity index (χ2v) is 5.96. The highest BCUT2D eigenvalue weighted by Gasteiger charge is 2.08. The van der Waals surface area contributed by atoms with Gasteiger partial charge in [-0.3, -0.25) is 4.79 Å². The van der Waals surface area contributed by atoms with E-state index < -0.39 is 0 Å². The minimum atomic E-state index is -0.198. The van der Waals surface area contributed by atoms with Crippen molar-refractivity contribution in [1.29, 1.82) is 0 Å². The fourth-order valence-electron chi connectivity index (χ4n) is 2.00. The lowest BCUT2D eigenvalue weighted by molar-refractivity contribution is -0.118. The molecular formula is C18H20ClNO2. The van der Waals surface area contributed by atoms with E-state index in [9.17, 15) is 4.79 Å². The molecule has 2 aromatic carbocycles. The first-order chi connectivity index (χ1) is 10.5. The zero-order chi connectivity index (χ0) is 16.1. The molecule has 4 heteroatoms. The Morgan fingerprint density at radius 2 is 1.86 bits per heavy atom. The fraction of sp³-hybridized carbons (Fsp3) is 0.278. The lowest BCUT2D eigenvalue weighted by Gasteiger charge is -2.13. The summed E-state index contributed by atoms with van der Waals surface area (Å²) in [4.78, 5) is 11.9. The first kappa shape index (κ1) is 16.4. The Balaban J connectivity index is 1.96. The first-order valence-corrected chi connectivity index (χ1v) is 7.62. The van der Waals surface area contributed by atoms with Crippen molar-refractivity contribution >= 4 is 23.2 Å². The SMILES string of the molecule is Cc1ccc(C(C)C)cc1OCC(=O)Nc1ccc(Cl)cc1. The van der Waals surface area contributed by atoms with Gasteiger partial charge in [0.05, 0.1) is 0 Å². The van der Waals surface area contributed by atoms with Crippen LogP contribution in [0.5, 0.6) is 5.75 Å². The molecule has 1 N–H and O–H groups in total. The summed E-state index contributed by atoms with van der Waals surface area (Å²) in [5, 5.41) is 3.41. The number of halogens is 1. The summed E-state index contributed by atoms with van der Waals surface area (Å²) in [5.74, 6) is 0.972. The van der Waals surface area contributed by atoms with Gasteiger partial charge in [0, 0.05) is 10.7 Å². The Bertz CT molecular complexity index is 651. The molecule has 2 aromatic rings. The summed E-state index contributed by atoms with van der Waals surface area (Å²) >= 11 is 5.81. The standard InChI is InChI=1S/C18H20ClNO2/c1-12(2)14-5-4-13(3)17(10-14)22-11-18(21)20-16-8-6-15(19)7-9-16/h4-10,12H,11H2,1-3H3,(H,20,21). The molecule has 0 aliphatic rings. The average Bonchev–Trinajstić information content (AvgIpc) is 2.48. The Morgan fingerprint density at radius 3 is 2.50 bits per heavy atom. The molecule has 1 amide bonds. The van der Waals surface area contributed by atoms with E-state index in [1.807, 2.05) is 19.1 Å². The van der Waals surface area contributed by atoms with Crippen LogP contribution in [0.4, 0.5) is 5.69 Å². The summed E-state index contributed by atoms with van der Waals surface area (Å²) in [7, 11) is 0. The van der Waals surface area contributed by atoms with Crippen molar-refractivity contribution in [2.24, 2.45) is 0 Å². The zero-order valence-electron chi connectivity index (χ0n) is 13.0. The summed E-state index contributed by atoms with van der Waals surface area (Å²) in [5.41, 5.74) is 2.91. The Morgan fingerprint density at radius 1 is 1.18 bits per heavy atom. The molecule has 0 aliphatic heterocycles. The van der Waals surface area contributed by atoms with Gasteiger partial charge in [-0.1, -0.05) is 37.6 Å². The quantitative estimate of drug-likeness (QED) is 0.861. The van der Waals surface area contributed by atoms with Gasteiger partial charge >= 0.3 is 0 Å². The molecule has 0 aliphatic carbocycles. The maximum atomic E-state index is 11.9. The number of carbonyl (C=O) groups is 1. The van der Waals surface area contributed by atoms with Gasteiger partial charge in [0.1, 0.15) is 5.75 Å². The largest absolute Gasteiger partial charge is 0.483 e. The lowest BCUT2D eigenvalue weighted by Crippen LogP contribution is -2.20. The summed E-state index contributed by atoms with van der Waals surface area (Å²) in [6, 6.07) is 13.1. The molecule has 0 fully saturated rings. The van der Waals surface area contributed by atoms with Crippen LogP contribution in [-0.4, -0.2) is 12.5 Å². The molecule has 116 valence electrons. The third-order valence-electron chi connectivity index (χ3n) is 3.37. The number of hydrogen-bond acceptors (Lipinski definition) is 2. The van der Waals surface area contributed by atoms with E-state index in [0.717, 1.165) is 11.3 Å². The van der Waals surface area contributed by atoms with Crippen LogP contribution in [0.1, 0.15) is 30.9 Å². The number of nitrogens with one attached hydrogen (secondary N) is 1. The number of ether oxygens (including phenoxy) is 1. The van der Waals surface area contributed by atoms with Crippen molar-refractivity contribution in [2.45, 2.75) is 26.7 Å². The second kappa shape index (κ2) is 7.32. The number of carbonyl (C=O) groups excluding carboxylic acids is 1. The normalized spacial score (nSPS) is 10.6. The molecule has 0 radical (unpaired) electrons. The highest BCUT2D eigenvalue weighted by molar-refractivity contribution is 6.30. The van der Waals surface area contributed by atoms with E-state index in [2.05, 4.69) is 25.2 Å². The van der Waals surface area contributed by atoms with Gasteiger partial charge in [-0.05, 0) is 54.3 Å². The van der Waals surface area contributed by atoms with Crippen molar-refractivity contribution in [2.75, 3.05) is 11.9 Å². The predicted molar refractivity (Wildman–Crippen MR) is 90.8 cm³/mol. The molecule has 22 heavy (non-hydrogen) atoms. The minimum absolute atomic E-state index is 0.0228. The maximum Gasteiger partial charge on any atom is 0.262 e. The lowest BCUT2D eigenvalue weighted by atomic mass is 10.0. The van der Waals surface area contributed by atoms with Gasteiger partial charge in [-0.15, -0.1) is 0 Å². The highest BCUT2D eigenvalue weighted by atomic mass is 35.5. The van der Waals surface area contributed by atoms with Crippen LogP contribution in [0, 0.1) is 6.92 Å². The van der Waals surface area contributed by atoms with Crippen LogP contribution < -0.4 is 10.1 Å². The predicted octanol–water partition coefficient (Wildman–Crippen LogP) is 4.79. The van der Waals surface area contributed by atoms with Crippen LogP contribution in [0.3, 0.4) is 0 Å². The van der Waals surface area contributed by atoms with Gasteiger partial charge in [0.15, 0.2) is 6.61 Å². The molecule has 0 saturated heterocycles. The number of rotatable bonds is 5. The molecule has 0 saturated carbocycles. The van der Waals surface area contributed by atoms with Gasteiger partial charge < -0.3 is 10.1 Å². The number of hydrogen-bond donors (Lipinski definition) is 1. The van der Waals surface area contributed by atoms with Crippen LogP contribution in [0.25, 0.3) is 0 Å². The van der Waals surface area contributed by atoms with E-state index in [1.54, 1.807) is 24.3 Å². The molecule has 2 rings (SSSR count). The Hall–Kier alpha value is -2.00. The smallest absolute Gasteiger partial charge is 0.262 e. The average molecular weight is 318 g/mol. The number of anilines is 1. The van der Waals surface area contributed by atoms with E-state index in [1.165, 1.54) is 5.56 Å². The van der Waals surface area contributed by atoms with Gasteiger partial charge in [-0.25, -0.2) is 0 Å². The molecule has 0 bridgehead atoms. The molecule has 0 aromatic heterocycles. The van der Waals surface area contributed by atoms with Gasteiger partial charge in [0.25, 0.3) is 5.91 Å². The topological polar surface area (TPSA) is 38.3 Å². The third-order valence-corrected chi connectivity index (χ3v) is 3.62. The first-order valence-electron chi connectivity index (χ1n) is 7.24. The van der Waals surface area contributed by atoms with Gasteiger partial charge in [0.2, 0.25) is 0 Å². The van der Waals surface area contributed by atoms with Crippen molar-refractivity contribution in [3.05, 3.63) is 58.6 Å². The van der Waals surface area contributed by atoms with Crippen LogP contribution >= 0.6 is 11.6 Å². The highest BCUT2D eigenvalue weighted by Crippen LogP contribution is 2.24. The molecule has 0 atom stereocenters. The number of aryl methyl sites for hydroxylation is 1. The summed E-state index contributed by atoms with van der Waals surface area (Å²) in [6.07, 6.45) is 0. The summed E-state index contributed by atoms with van der Waals surface area (Å²) < 4.78 is 5.65. The minimum Gasteiger partial charge on any atom is -0.483 e. The number of amides is 1. The van der Waals surface area contributed by atoms with Crippen molar-refractivity contribution < 1.29 is 9.53 Å². The molecule has 3 nitrogen and oxygen atoms in total. The van der Waals surface area contributed by atoms with Crippen molar-refractivity contribution in [1.82, 2.24) is 0 Å². The molecule has 0 heterocycles. The van der Waals surface area contributed by atoms with Crippen LogP contribution in [0.2, 0.25) is 5.02 Å². The van der Waals surface area contributed by atoms with Crippen LogP contribution in [-0.2, 0) is 4.79 Å². The Labute approximate surface area is 136 Å². The zero-order valence-corrected chi connectivity index (χ0v) is 13.8. The van der Waals surface area contributed by atoms with Crippen LogP contribution in [0.15, 0.2) is 42.5 Å². The molecule has 0 spiro atoms. The summed E-state index contributed by atoms with van der Waals surface area (Å²) in [6.45, 7) is 6.20. The van der Waals surface area contributed by atoms with Gasteiger partial charge in [-0.2, -0.15) is 0 Å². The monoisotopic (exact) mass is 317 g/mol. The van der Waals surface area contributed by atoms with E-state index in [4.69, 9.17) is 16.3 Å². The molecule has 0 unspecified atom stereocenters. The number of benzene rings is 2. The van der Waals surface area contributed by atoms with Crippen molar-refractivity contribution in [3.63, 3.8) is 0 Å². The third kappa shape index (κ3) is 4.50. The van der Waals surface area contributed by atoms with E-state index >= 15 is 0 Å². The van der Waals surface area contributed by atoms with Crippen molar-refractivity contribution in [3.8, 4) is 5.75 Å². The maximum absolute atomic E-state index is 11.9. The Kier molecular flexibility index (Phi) is 5.45. The van der Waals surface area contributed by atoms with E-state index in [0.29, 0.717) is 16.6 Å².